The van der Waals surface area contributed by atoms with Gasteiger partial charge < -0.3 is 14.8 Å². The highest BCUT2D eigenvalue weighted by molar-refractivity contribution is 6.31. The first-order valence-electron chi connectivity index (χ1n) is 7.38. The van der Waals surface area contributed by atoms with Crippen molar-refractivity contribution in [3.63, 3.8) is 0 Å². The zero-order valence-electron chi connectivity index (χ0n) is 13.2. The number of amides is 1. The van der Waals surface area contributed by atoms with E-state index in [4.69, 9.17) is 21.1 Å². The molecule has 24 heavy (non-hydrogen) atoms. The summed E-state index contributed by atoms with van der Waals surface area (Å²) in [5, 5.41) is 3.04. The van der Waals surface area contributed by atoms with E-state index in [-0.39, 0.29) is 13.0 Å². The number of nitrogens with one attached hydrogen (secondary N) is 1. The van der Waals surface area contributed by atoms with Gasteiger partial charge in [0.15, 0.2) is 0 Å². The predicted octanol–water partition coefficient (Wildman–Crippen LogP) is 3.35. The molecule has 126 valence electrons. The van der Waals surface area contributed by atoms with Crippen LogP contribution in [0.3, 0.4) is 0 Å². The number of alkyl carbamates (subject to hydrolysis) is 1. The number of ether oxygens (including phenoxy) is 2. The summed E-state index contributed by atoms with van der Waals surface area (Å²) < 4.78 is 9.87. The molecule has 0 heterocycles. The van der Waals surface area contributed by atoms with Crippen molar-refractivity contribution in [3.05, 3.63) is 70.7 Å². The van der Waals surface area contributed by atoms with E-state index in [0.29, 0.717) is 5.02 Å². The van der Waals surface area contributed by atoms with Crippen molar-refractivity contribution in [3.8, 4) is 0 Å². The molecule has 2 rings (SSSR count). The first-order valence-corrected chi connectivity index (χ1v) is 7.76. The molecular weight excluding hydrogens is 330 g/mol. The summed E-state index contributed by atoms with van der Waals surface area (Å²) in [5.74, 6) is -0.563. The third-order valence-electron chi connectivity index (χ3n) is 3.37. The van der Waals surface area contributed by atoms with Crippen LogP contribution >= 0.6 is 11.6 Å². The van der Waals surface area contributed by atoms with Crippen LogP contribution in [0, 0.1) is 0 Å². The standard InChI is InChI=1S/C18H18ClNO4/c1-23-17(21)16(11-14-9-5-6-10-15(14)19)20-18(22)24-12-13-7-3-2-4-8-13/h2-10,16H,11-12H2,1H3,(H,20,22)/t16-/m1/s1. The van der Waals surface area contributed by atoms with E-state index in [2.05, 4.69) is 5.32 Å². The molecule has 0 aliphatic heterocycles. The Balaban J connectivity index is 1.97. The monoisotopic (exact) mass is 347 g/mol. The molecule has 0 fully saturated rings. The molecule has 0 saturated heterocycles. The Hall–Kier alpha value is -2.53. The molecule has 2 aromatic rings. The van der Waals surface area contributed by atoms with Crippen molar-refractivity contribution >= 4 is 23.7 Å². The Labute approximate surface area is 145 Å². The highest BCUT2D eigenvalue weighted by Gasteiger charge is 2.23. The Kier molecular flexibility index (Phi) is 6.63. The molecule has 0 spiro atoms. The first kappa shape index (κ1) is 17.8. The van der Waals surface area contributed by atoms with Gasteiger partial charge in [-0.2, -0.15) is 0 Å². The first-order chi connectivity index (χ1) is 11.6. The highest BCUT2D eigenvalue weighted by Crippen LogP contribution is 2.17. The Bertz CT molecular complexity index is 690. The van der Waals surface area contributed by atoms with Gasteiger partial charge in [-0.25, -0.2) is 9.59 Å². The van der Waals surface area contributed by atoms with Gasteiger partial charge in [0, 0.05) is 11.4 Å². The average molecular weight is 348 g/mol. The molecular formula is C18H18ClNO4. The van der Waals surface area contributed by atoms with Crippen LogP contribution in [0.1, 0.15) is 11.1 Å². The number of hydrogen-bond acceptors (Lipinski definition) is 4. The van der Waals surface area contributed by atoms with E-state index in [1.165, 1.54) is 7.11 Å². The number of carbonyl (C=O) groups excluding carboxylic acids is 2. The summed E-state index contributed by atoms with van der Waals surface area (Å²) in [4.78, 5) is 23.9. The van der Waals surface area contributed by atoms with Crippen LogP contribution in [0.15, 0.2) is 54.6 Å². The van der Waals surface area contributed by atoms with Gasteiger partial charge in [0.2, 0.25) is 0 Å². The molecule has 0 unspecified atom stereocenters. The van der Waals surface area contributed by atoms with Gasteiger partial charge >= 0.3 is 12.1 Å². The fraction of sp³-hybridized carbons (Fsp3) is 0.222. The van der Waals surface area contributed by atoms with E-state index >= 15 is 0 Å². The second-order valence-corrected chi connectivity index (χ2v) is 5.48. The Morgan fingerprint density at radius 1 is 1.08 bits per heavy atom. The fourth-order valence-electron chi connectivity index (χ4n) is 2.13. The molecule has 0 radical (unpaired) electrons. The largest absolute Gasteiger partial charge is 0.467 e. The van der Waals surface area contributed by atoms with Crippen molar-refractivity contribution < 1.29 is 19.1 Å². The lowest BCUT2D eigenvalue weighted by molar-refractivity contribution is -0.143. The maximum absolute atomic E-state index is 11.9. The Morgan fingerprint density at radius 3 is 2.42 bits per heavy atom. The molecule has 5 nitrogen and oxygen atoms in total. The van der Waals surface area contributed by atoms with E-state index in [1.807, 2.05) is 36.4 Å². The summed E-state index contributed by atoms with van der Waals surface area (Å²) >= 11 is 6.10. The summed E-state index contributed by atoms with van der Waals surface area (Å²) in [6.07, 6.45) is -0.478. The van der Waals surface area contributed by atoms with Crippen molar-refractivity contribution in [1.82, 2.24) is 5.32 Å². The summed E-state index contributed by atoms with van der Waals surface area (Å²) in [7, 11) is 1.26. The molecule has 0 aromatic heterocycles. The van der Waals surface area contributed by atoms with Gasteiger partial charge in [-0.3, -0.25) is 0 Å². The SMILES string of the molecule is COC(=O)[C@@H](Cc1ccccc1Cl)NC(=O)OCc1ccccc1. The summed E-state index contributed by atoms with van der Waals surface area (Å²) in [6.45, 7) is 0.118. The van der Waals surface area contributed by atoms with Crippen LogP contribution in [0.25, 0.3) is 0 Å². The number of carbonyl (C=O) groups is 2. The van der Waals surface area contributed by atoms with Crippen molar-refractivity contribution in [2.45, 2.75) is 19.1 Å². The summed E-state index contributed by atoms with van der Waals surface area (Å²) in [6, 6.07) is 15.5. The lowest BCUT2D eigenvalue weighted by Gasteiger charge is -2.17. The van der Waals surface area contributed by atoms with Crippen molar-refractivity contribution in [1.29, 1.82) is 0 Å². The Morgan fingerprint density at radius 2 is 1.75 bits per heavy atom. The predicted molar refractivity (Wildman–Crippen MR) is 90.7 cm³/mol. The van der Waals surface area contributed by atoms with Gasteiger partial charge in [-0.1, -0.05) is 60.1 Å². The van der Waals surface area contributed by atoms with Crippen molar-refractivity contribution in [2.75, 3.05) is 7.11 Å². The van der Waals surface area contributed by atoms with Crippen LogP contribution in [0.2, 0.25) is 5.02 Å². The lowest BCUT2D eigenvalue weighted by Crippen LogP contribution is -2.43. The minimum atomic E-state index is -0.877. The van der Waals surface area contributed by atoms with Gasteiger partial charge in [0.1, 0.15) is 12.6 Å². The molecule has 0 aliphatic carbocycles. The zero-order valence-corrected chi connectivity index (χ0v) is 14.0. The van der Waals surface area contributed by atoms with Gasteiger partial charge in [-0.05, 0) is 17.2 Å². The molecule has 0 saturated carbocycles. The second kappa shape index (κ2) is 8.93. The van der Waals surface area contributed by atoms with E-state index < -0.39 is 18.1 Å². The quantitative estimate of drug-likeness (QED) is 0.814. The van der Waals surface area contributed by atoms with Gasteiger partial charge in [0.25, 0.3) is 0 Å². The molecule has 0 aliphatic rings. The topological polar surface area (TPSA) is 64.6 Å². The summed E-state index contributed by atoms with van der Waals surface area (Å²) in [5.41, 5.74) is 1.59. The minimum absolute atomic E-state index is 0.118. The number of rotatable bonds is 6. The number of halogens is 1. The molecule has 6 heteroatoms. The van der Waals surface area contributed by atoms with Crippen LogP contribution in [-0.4, -0.2) is 25.2 Å². The number of benzene rings is 2. The van der Waals surface area contributed by atoms with E-state index in [9.17, 15) is 9.59 Å². The van der Waals surface area contributed by atoms with E-state index in [0.717, 1.165) is 11.1 Å². The van der Waals surface area contributed by atoms with Crippen LogP contribution in [-0.2, 0) is 27.3 Å². The molecule has 2 aromatic carbocycles. The number of esters is 1. The minimum Gasteiger partial charge on any atom is -0.467 e. The maximum Gasteiger partial charge on any atom is 0.408 e. The third kappa shape index (κ3) is 5.28. The van der Waals surface area contributed by atoms with E-state index in [1.54, 1.807) is 18.2 Å². The molecule has 1 atom stereocenters. The van der Waals surface area contributed by atoms with Crippen LogP contribution < -0.4 is 5.32 Å². The lowest BCUT2D eigenvalue weighted by atomic mass is 10.1. The van der Waals surface area contributed by atoms with Gasteiger partial charge in [0.05, 0.1) is 7.11 Å². The average Bonchev–Trinajstić information content (AvgIpc) is 2.61. The van der Waals surface area contributed by atoms with Crippen LogP contribution in [0.5, 0.6) is 0 Å². The third-order valence-corrected chi connectivity index (χ3v) is 3.74. The smallest absolute Gasteiger partial charge is 0.408 e. The number of methoxy groups -OCH3 is 1. The normalized spacial score (nSPS) is 11.4. The number of hydrogen-bond donors (Lipinski definition) is 1. The second-order valence-electron chi connectivity index (χ2n) is 5.08. The molecule has 0 bridgehead atoms. The van der Waals surface area contributed by atoms with Crippen molar-refractivity contribution in [2.24, 2.45) is 0 Å². The molecule has 1 N–H and O–H groups in total. The maximum atomic E-state index is 11.9. The van der Waals surface area contributed by atoms with Crippen LogP contribution in [0.4, 0.5) is 4.79 Å². The zero-order chi connectivity index (χ0) is 17.4. The van der Waals surface area contributed by atoms with Gasteiger partial charge in [-0.15, -0.1) is 0 Å². The fourth-order valence-corrected chi connectivity index (χ4v) is 2.34. The molecule has 1 amide bonds. The highest BCUT2D eigenvalue weighted by atomic mass is 35.5.